The van der Waals surface area contributed by atoms with Crippen LogP contribution >= 0.6 is 7.92 Å². The Bertz CT molecular complexity index is 979. The van der Waals surface area contributed by atoms with Crippen molar-refractivity contribution in [1.82, 2.24) is 0 Å². The Kier molecular flexibility index (Phi) is 5.28. The van der Waals surface area contributed by atoms with Gasteiger partial charge >= 0.3 is 0 Å². The SMILES string of the molecule is C=Cc1ccccc1-c1ccc(P(c2ccccc2)c2ccccc2)cc1. The maximum atomic E-state index is 3.95. The van der Waals surface area contributed by atoms with E-state index in [9.17, 15) is 0 Å². The molecule has 130 valence electrons. The molecule has 0 saturated heterocycles. The van der Waals surface area contributed by atoms with Crippen LogP contribution in [0.1, 0.15) is 5.56 Å². The summed E-state index contributed by atoms with van der Waals surface area (Å²) >= 11 is 0. The molecule has 4 rings (SSSR count). The number of hydrogen-bond donors (Lipinski definition) is 0. The molecular weight excluding hydrogens is 343 g/mol. The maximum absolute atomic E-state index is 3.95. The fourth-order valence-corrected chi connectivity index (χ4v) is 5.61. The normalized spacial score (nSPS) is 10.7. The Balaban J connectivity index is 1.77. The monoisotopic (exact) mass is 364 g/mol. The predicted octanol–water partition coefficient (Wildman–Crippen LogP) is 5.75. The maximum Gasteiger partial charge on any atom is -0.0112 e. The van der Waals surface area contributed by atoms with Gasteiger partial charge in [0, 0.05) is 0 Å². The Labute approximate surface area is 162 Å². The van der Waals surface area contributed by atoms with Gasteiger partial charge in [-0.1, -0.05) is 122 Å². The van der Waals surface area contributed by atoms with E-state index in [1.165, 1.54) is 32.6 Å². The molecular formula is C26H21P. The highest BCUT2D eigenvalue weighted by atomic mass is 31.1. The summed E-state index contributed by atoms with van der Waals surface area (Å²) in [6.45, 7) is 3.95. The third kappa shape index (κ3) is 3.77. The van der Waals surface area contributed by atoms with Crippen LogP contribution in [0, 0.1) is 0 Å². The molecule has 4 aromatic rings. The predicted molar refractivity (Wildman–Crippen MR) is 121 cm³/mol. The summed E-state index contributed by atoms with van der Waals surface area (Å²) in [6.07, 6.45) is 1.92. The molecule has 0 aliphatic carbocycles. The first-order valence-corrected chi connectivity index (χ1v) is 10.4. The van der Waals surface area contributed by atoms with Crippen LogP contribution in [0.25, 0.3) is 17.2 Å². The van der Waals surface area contributed by atoms with E-state index >= 15 is 0 Å². The second-order valence-corrected chi connectivity index (χ2v) is 8.56. The van der Waals surface area contributed by atoms with Crippen LogP contribution in [-0.4, -0.2) is 0 Å². The average Bonchev–Trinajstić information content (AvgIpc) is 2.76. The van der Waals surface area contributed by atoms with Crippen molar-refractivity contribution in [3.8, 4) is 11.1 Å². The molecule has 1 heteroatoms. The largest absolute Gasteiger partial charge is 0.0984 e. The summed E-state index contributed by atoms with van der Waals surface area (Å²) in [4.78, 5) is 0. The smallest absolute Gasteiger partial charge is 0.0112 e. The van der Waals surface area contributed by atoms with Gasteiger partial charge in [-0.2, -0.15) is 0 Å². The molecule has 0 aliphatic heterocycles. The summed E-state index contributed by atoms with van der Waals surface area (Å²) in [5, 5.41) is 4.11. The van der Waals surface area contributed by atoms with E-state index in [1.54, 1.807) is 0 Å². The lowest BCUT2D eigenvalue weighted by atomic mass is 10.00. The Morgan fingerprint density at radius 1 is 0.519 bits per heavy atom. The first kappa shape index (κ1) is 17.5. The van der Waals surface area contributed by atoms with E-state index in [4.69, 9.17) is 0 Å². The van der Waals surface area contributed by atoms with Gasteiger partial charge in [-0.3, -0.25) is 0 Å². The molecule has 0 radical (unpaired) electrons. The van der Waals surface area contributed by atoms with Crippen LogP contribution < -0.4 is 15.9 Å². The molecule has 0 aromatic heterocycles. The Morgan fingerprint density at radius 2 is 1.00 bits per heavy atom. The number of hydrogen-bond acceptors (Lipinski definition) is 0. The van der Waals surface area contributed by atoms with Gasteiger partial charge in [0.25, 0.3) is 0 Å². The fourth-order valence-electron chi connectivity index (χ4n) is 3.33. The molecule has 0 spiro atoms. The molecule has 0 heterocycles. The molecule has 0 unspecified atom stereocenters. The van der Waals surface area contributed by atoms with Gasteiger partial charge in [0.1, 0.15) is 0 Å². The highest BCUT2D eigenvalue weighted by Gasteiger charge is 2.16. The van der Waals surface area contributed by atoms with E-state index in [0.717, 1.165) is 0 Å². The van der Waals surface area contributed by atoms with Gasteiger partial charge in [-0.05, 0) is 40.5 Å². The first-order valence-electron chi connectivity index (χ1n) is 9.09. The van der Waals surface area contributed by atoms with Crippen LogP contribution in [0.3, 0.4) is 0 Å². The Morgan fingerprint density at radius 3 is 1.56 bits per heavy atom. The van der Waals surface area contributed by atoms with E-state index in [-0.39, 0.29) is 0 Å². The van der Waals surface area contributed by atoms with Gasteiger partial charge in [-0.25, -0.2) is 0 Å². The van der Waals surface area contributed by atoms with Crippen LogP contribution in [0.15, 0.2) is 116 Å². The molecule has 0 fully saturated rings. The van der Waals surface area contributed by atoms with Gasteiger partial charge in [0.2, 0.25) is 0 Å². The van der Waals surface area contributed by atoms with Crippen molar-refractivity contribution in [3.05, 3.63) is 121 Å². The minimum absolute atomic E-state index is 0.559. The zero-order valence-electron chi connectivity index (χ0n) is 15.1. The summed E-state index contributed by atoms with van der Waals surface area (Å²) in [6, 6.07) is 39.0. The van der Waals surface area contributed by atoms with Gasteiger partial charge in [0.05, 0.1) is 0 Å². The van der Waals surface area contributed by atoms with E-state index in [0.29, 0.717) is 0 Å². The number of benzene rings is 4. The van der Waals surface area contributed by atoms with Crippen molar-refractivity contribution in [1.29, 1.82) is 0 Å². The van der Waals surface area contributed by atoms with Crippen molar-refractivity contribution in [2.24, 2.45) is 0 Å². The summed E-state index contributed by atoms with van der Waals surface area (Å²) in [5.74, 6) is 0. The van der Waals surface area contributed by atoms with Crippen molar-refractivity contribution >= 4 is 29.9 Å². The molecule has 0 saturated carbocycles. The first-order chi connectivity index (χ1) is 13.4. The second kappa shape index (κ2) is 8.16. The van der Waals surface area contributed by atoms with Crippen molar-refractivity contribution in [3.63, 3.8) is 0 Å². The van der Waals surface area contributed by atoms with E-state index in [2.05, 4.69) is 116 Å². The molecule has 0 amide bonds. The molecule has 0 aliphatic rings. The standard InChI is InChI=1S/C26H21P/c1-2-21-11-9-10-16-26(21)22-17-19-25(20-18-22)27(23-12-5-3-6-13-23)24-14-7-4-8-15-24/h2-20H,1H2. The molecule has 4 aromatic carbocycles. The van der Waals surface area contributed by atoms with Crippen LogP contribution in [0.4, 0.5) is 0 Å². The quantitative estimate of drug-likeness (QED) is 0.395. The zero-order valence-corrected chi connectivity index (χ0v) is 16.0. The highest BCUT2D eigenvalue weighted by molar-refractivity contribution is 7.79. The third-order valence-corrected chi connectivity index (χ3v) is 7.09. The van der Waals surface area contributed by atoms with E-state index < -0.39 is 7.92 Å². The minimum atomic E-state index is -0.559. The van der Waals surface area contributed by atoms with Crippen LogP contribution in [-0.2, 0) is 0 Å². The average molecular weight is 364 g/mol. The lowest BCUT2D eigenvalue weighted by Gasteiger charge is -2.19. The van der Waals surface area contributed by atoms with Gasteiger partial charge in [-0.15, -0.1) is 0 Å². The van der Waals surface area contributed by atoms with Crippen molar-refractivity contribution in [2.75, 3.05) is 0 Å². The molecule has 0 nitrogen and oxygen atoms in total. The summed E-state index contributed by atoms with van der Waals surface area (Å²) in [7, 11) is -0.559. The van der Waals surface area contributed by atoms with Gasteiger partial charge in [0.15, 0.2) is 0 Å². The van der Waals surface area contributed by atoms with Crippen molar-refractivity contribution in [2.45, 2.75) is 0 Å². The highest BCUT2D eigenvalue weighted by Crippen LogP contribution is 2.33. The minimum Gasteiger partial charge on any atom is -0.0984 e. The molecule has 0 atom stereocenters. The zero-order chi connectivity index (χ0) is 18.5. The second-order valence-electron chi connectivity index (χ2n) is 6.34. The summed E-state index contributed by atoms with van der Waals surface area (Å²) < 4.78 is 0. The van der Waals surface area contributed by atoms with E-state index in [1.807, 2.05) is 6.08 Å². The van der Waals surface area contributed by atoms with Crippen molar-refractivity contribution < 1.29 is 0 Å². The molecule has 0 N–H and O–H groups in total. The van der Waals surface area contributed by atoms with Crippen LogP contribution in [0.5, 0.6) is 0 Å². The third-order valence-electron chi connectivity index (χ3n) is 4.65. The fraction of sp³-hybridized carbons (Fsp3) is 0. The van der Waals surface area contributed by atoms with Crippen LogP contribution in [0.2, 0.25) is 0 Å². The number of rotatable bonds is 5. The lowest BCUT2D eigenvalue weighted by molar-refractivity contribution is 1.60. The summed E-state index contributed by atoms with van der Waals surface area (Å²) in [5.41, 5.74) is 3.62. The molecule has 0 bridgehead atoms. The Hall–Kier alpha value is -2.95. The topological polar surface area (TPSA) is 0 Å². The molecule has 27 heavy (non-hydrogen) atoms. The lowest BCUT2D eigenvalue weighted by Crippen LogP contribution is -2.20. The van der Waals surface area contributed by atoms with Gasteiger partial charge < -0.3 is 0 Å².